The van der Waals surface area contributed by atoms with E-state index < -0.39 is 11.7 Å². The monoisotopic (exact) mass is 461 g/mol. The zero-order chi connectivity index (χ0) is 24.1. The molecule has 0 heterocycles. The third-order valence-electron chi connectivity index (χ3n) is 6.19. The smallest absolute Gasteiger partial charge is 0.294 e. The van der Waals surface area contributed by atoms with Crippen LogP contribution in [0.3, 0.4) is 0 Å². The number of hydrogen-bond acceptors (Lipinski definition) is 2. The van der Waals surface area contributed by atoms with Crippen molar-refractivity contribution in [3.8, 4) is 0 Å². The van der Waals surface area contributed by atoms with E-state index in [0.29, 0.717) is 13.1 Å². The maximum absolute atomic E-state index is 13.1. The van der Waals surface area contributed by atoms with Gasteiger partial charge in [0.15, 0.2) is 5.78 Å². The van der Waals surface area contributed by atoms with Crippen LogP contribution in [-0.4, -0.2) is 17.2 Å². The summed E-state index contributed by atoms with van der Waals surface area (Å²) in [6.07, 6.45) is -4.35. The lowest BCUT2D eigenvalue weighted by molar-refractivity contribution is -0.137. The summed E-state index contributed by atoms with van der Waals surface area (Å²) >= 11 is 0. The molecule has 4 rings (SSSR count). The van der Waals surface area contributed by atoms with Gasteiger partial charge in [0.25, 0.3) is 0 Å². The van der Waals surface area contributed by atoms with Crippen LogP contribution in [0.1, 0.15) is 46.4 Å². The molecule has 4 aromatic rings. The largest absolute Gasteiger partial charge is 0.416 e. The van der Waals surface area contributed by atoms with Crippen molar-refractivity contribution in [3.05, 3.63) is 119 Å². The van der Waals surface area contributed by atoms with Crippen LogP contribution in [0.4, 0.5) is 13.2 Å². The van der Waals surface area contributed by atoms with Gasteiger partial charge in [-0.2, -0.15) is 13.2 Å². The van der Waals surface area contributed by atoms with E-state index in [0.717, 1.165) is 34.0 Å². The van der Waals surface area contributed by atoms with E-state index in [-0.39, 0.29) is 23.8 Å². The second-order valence-electron chi connectivity index (χ2n) is 8.45. The zero-order valence-electron chi connectivity index (χ0n) is 18.9. The van der Waals surface area contributed by atoms with Crippen LogP contribution < -0.4 is 0 Å². The van der Waals surface area contributed by atoms with E-state index in [1.807, 2.05) is 48.5 Å². The fourth-order valence-electron chi connectivity index (χ4n) is 4.30. The van der Waals surface area contributed by atoms with Crippen molar-refractivity contribution in [2.45, 2.75) is 32.1 Å². The predicted octanol–water partition coefficient (Wildman–Crippen LogP) is 7.69. The first kappa shape index (κ1) is 23.7. The minimum Gasteiger partial charge on any atom is -0.294 e. The molecule has 0 saturated carbocycles. The molecule has 0 radical (unpaired) electrons. The molecule has 5 heteroatoms. The van der Waals surface area contributed by atoms with E-state index in [1.165, 1.54) is 12.1 Å². The number of carbonyl (C=O) groups excluding carboxylic acids is 1. The fourth-order valence-corrected chi connectivity index (χ4v) is 4.30. The Morgan fingerprint density at radius 1 is 0.853 bits per heavy atom. The number of hydrogen-bond donors (Lipinski definition) is 0. The van der Waals surface area contributed by atoms with Crippen molar-refractivity contribution in [2.75, 3.05) is 6.54 Å². The van der Waals surface area contributed by atoms with Gasteiger partial charge >= 0.3 is 6.18 Å². The molecule has 1 atom stereocenters. The van der Waals surface area contributed by atoms with Gasteiger partial charge in [-0.25, -0.2) is 0 Å². The number of alkyl halides is 3. The zero-order valence-corrected chi connectivity index (χ0v) is 18.9. The Balaban J connectivity index is 1.58. The Kier molecular flexibility index (Phi) is 7.13. The first-order valence-corrected chi connectivity index (χ1v) is 11.3. The van der Waals surface area contributed by atoms with Crippen molar-refractivity contribution in [1.82, 2.24) is 4.90 Å². The highest BCUT2D eigenvalue weighted by Gasteiger charge is 2.31. The molecule has 0 aliphatic heterocycles. The Bertz CT molecular complexity index is 1260. The number of benzene rings is 4. The van der Waals surface area contributed by atoms with Gasteiger partial charge in [-0.1, -0.05) is 84.9 Å². The minimum absolute atomic E-state index is 0.000570. The van der Waals surface area contributed by atoms with Gasteiger partial charge in [-0.15, -0.1) is 0 Å². The molecule has 0 aliphatic rings. The second kappa shape index (κ2) is 10.2. The Labute approximate surface area is 197 Å². The van der Waals surface area contributed by atoms with Crippen molar-refractivity contribution < 1.29 is 18.0 Å². The summed E-state index contributed by atoms with van der Waals surface area (Å²) in [6.45, 7) is 3.16. The molecule has 34 heavy (non-hydrogen) atoms. The van der Waals surface area contributed by atoms with Gasteiger partial charge in [0.05, 0.1) is 5.56 Å². The number of carbonyl (C=O) groups is 1. The average molecular weight is 462 g/mol. The van der Waals surface area contributed by atoms with Gasteiger partial charge in [-0.3, -0.25) is 9.69 Å². The standard InChI is InChI=1S/C29H26F3NO/c1-21(26-16-8-12-23-11-5-6-15-27(23)26)33(20-22-9-3-2-4-10-22)18-17-28(34)24-13-7-14-25(19-24)29(30,31)32/h2-16,19,21H,17-18,20H2,1H3. The summed E-state index contributed by atoms with van der Waals surface area (Å²) < 4.78 is 39.3. The summed E-state index contributed by atoms with van der Waals surface area (Å²) in [4.78, 5) is 15.1. The summed E-state index contributed by atoms with van der Waals surface area (Å²) in [5.74, 6) is -0.297. The van der Waals surface area contributed by atoms with E-state index in [1.54, 1.807) is 0 Å². The summed E-state index contributed by atoms with van der Waals surface area (Å²) in [7, 11) is 0. The molecule has 174 valence electrons. The lowest BCUT2D eigenvalue weighted by Crippen LogP contribution is -2.29. The Morgan fingerprint density at radius 2 is 1.53 bits per heavy atom. The van der Waals surface area contributed by atoms with Crippen LogP contribution in [0.25, 0.3) is 10.8 Å². The summed E-state index contributed by atoms with van der Waals surface area (Å²) in [5, 5.41) is 2.30. The highest BCUT2D eigenvalue weighted by atomic mass is 19.4. The van der Waals surface area contributed by atoms with Gasteiger partial charge < -0.3 is 0 Å². The van der Waals surface area contributed by atoms with Crippen molar-refractivity contribution in [2.24, 2.45) is 0 Å². The third kappa shape index (κ3) is 5.54. The van der Waals surface area contributed by atoms with E-state index in [2.05, 4.69) is 36.1 Å². The fraction of sp³-hybridized carbons (Fsp3) is 0.207. The van der Waals surface area contributed by atoms with E-state index >= 15 is 0 Å². The van der Waals surface area contributed by atoms with Crippen LogP contribution >= 0.6 is 0 Å². The second-order valence-corrected chi connectivity index (χ2v) is 8.45. The Hall–Kier alpha value is -3.44. The molecule has 0 spiro atoms. The maximum Gasteiger partial charge on any atom is 0.416 e. The molecule has 0 N–H and O–H groups in total. The molecule has 2 nitrogen and oxygen atoms in total. The van der Waals surface area contributed by atoms with Crippen molar-refractivity contribution >= 4 is 16.6 Å². The van der Waals surface area contributed by atoms with E-state index in [9.17, 15) is 18.0 Å². The summed E-state index contributed by atoms with van der Waals surface area (Å²) in [5.41, 5.74) is 1.55. The highest BCUT2D eigenvalue weighted by Crippen LogP contribution is 2.31. The third-order valence-corrected chi connectivity index (χ3v) is 6.19. The van der Waals surface area contributed by atoms with Gasteiger partial charge in [0.2, 0.25) is 0 Å². The number of rotatable bonds is 8. The number of fused-ring (bicyclic) bond motifs is 1. The number of nitrogens with zero attached hydrogens (tertiary/aromatic N) is 1. The van der Waals surface area contributed by atoms with Crippen LogP contribution in [0.2, 0.25) is 0 Å². The molecule has 0 saturated heterocycles. The first-order valence-electron chi connectivity index (χ1n) is 11.3. The molecule has 0 bridgehead atoms. The van der Waals surface area contributed by atoms with Crippen molar-refractivity contribution in [3.63, 3.8) is 0 Å². The average Bonchev–Trinajstić information content (AvgIpc) is 2.85. The predicted molar refractivity (Wildman–Crippen MR) is 130 cm³/mol. The highest BCUT2D eigenvalue weighted by molar-refractivity contribution is 5.96. The van der Waals surface area contributed by atoms with Crippen LogP contribution in [0.5, 0.6) is 0 Å². The van der Waals surface area contributed by atoms with Gasteiger partial charge in [0.1, 0.15) is 0 Å². The maximum atomic E-state index is 13.1. The molecule has 0 fully saturated rings. The van der Waals surface area contributed by atoms with Gasteiger partial charge in [-0.05, 0) is 41.0 Å². The van der Waals surface area contributed by atoms with Crippen LogP contribution in [0, 0.1) is 0 Å². The molecule has 0 aliphatic carbocycles. The summed E-state index contributed by atoms with van der Waals surface area (Å²) in [6, 6.07) is 29.0. The first-order chi connectivity index (χ1) is 16.3. The van der Waals surface area contributed by atoms with Crippen molar-refractivity contribution in [1.29, 1.82) is 0 Å². The van der Waals surface area contributed by atoms with E-state index in [4.69, 9.17) is 0 Å². The minimum atomic E-state index is -4.47. The van der Waals surface area contributed by atoms with Crippen LogP contribution in [0.15, 0.2) is 97.1 Å². The Morgan fingerprint density at radius 3 is 2.29 bits per heavy atom. The normalized spacial score (nSPS) is 12.7. The SMILES string of the molecule is CC(c1cccc2ccccc12)N(CCC(=O)c1cccc(C(F)(F)F)c1)Cc1ccccc1. The topological polar surface area (TPSA) is 20.3 Å². The molecule has 0 amide bonds. The van der Waals surface area contributed by atoms with Gasteiger partial charge in [0, 0.05) is 31.1 Å². The number of halogens is 3. The molecule has 0 aromatic heterocycles. The number of ketones is 1. The lowest BCUT2D eigenvalue weighted by Gasteiger charge is -2.30. The molecular formula is C29H26F3NO. The lowest BCUT2D eigenvalue weighted by atomic mass is 9.97. The quantitative estimate of drug-likeness (QED) is 0.251. The molecular weight excluding hydrogens is 435 g/mol. The van der Waals surface area contributed by atoms with Crippen LogP contribution in [-0.2, 0) is 12.7 Å². The number of Topliss-reactive ketones (excluding diaryl/α,β-unsaturated/α-hetero) is 1. The molecule has 4 aromatic carbocycles. The molecule has 1 unspecified atom stereocenters.